The number of halogens is 2. The number of sulfone groups is 1. The fourth-order valence-electron chi connectivity index (χ4n) is 3.57. The van der Waals surface area contributed by atoms with E-state index < -0.39 is 27.6 Å². The minimum atomic E-state index is -3.23. The van der Waals surface area contributed by atoms with E-state index >= 15 is 0 Å². The molecule has 0 N–H and O–H groups in total. The van der Waals surface area contributed by atoms with E-state index in [1.807, 2.05) is 12.1 Å². The second-order valence-corrected chi connectivity index (χ2v) is 11.5. The number of carbonyl (C=O) groups is 1. The molecule has 8 heteroatoms. The highest BCUT2D eigenvalue weighted by molar-refractivity contribution is 7.91. The predicted octanol–water partition coefficient (Wildman–Crippen LogP) is 4.37. The van der Waals surface area contributed by atoms with Crippen LogP contribution in [0.3, 0.4) is 0 Å². The number of hydrogen-bond acceptors (Lipinski definition) is 4. The smallest absolute Gasteiger partial charge is 0.261 e. The molecule has 0 aromatic heterocycles. The molecule has 5 nitrogen and oxygen atoms in total. The summed E-state index contributed by atoms with van der Waals surface area (Å²) in [5.74, 6) is -0.567. The maximum Gasteiger partial charge on any atom is 0.261 e. The maximum atomic E-state index is 14.3. The minimum absolute atomic E-state index is 0.00156. The van der Waals surface area contributed by atoms with E-state index in [4.69, 9.17) is 16.3 Å². The molecular weight excluding hydrogens is 441 g/mol. The van der Waals surface area contributed by atoms with Gasteiger partial charge in [-0.1, -0.05) is 50.6 Å². The third-order valence-electron chi connectivity index (χ3n) is 5.44. The summed E-state index contributed by atoms with van der Waals surface area (Å²) in [6.07, 6.45) is 0.306. The summed E-state index contributed by atoms with van der Waals surface area (Å²) in [4.78, 5) is 14.4. The Bertz CT molecular complexity index is 1030. The van der Waals surface area contributed by atoms with Crippen LogP contribution in [0.1, 0.15) is 38.3 Å². The molecule has 1 saturated heterocycles. The molecular formula is C23H27ClFNO4S. The molecule has 168 valence electrons. The fourth-order valence-corrected chi connectivity index (χ4v) is 5.53. The van der Waals surface area contributed by atoms with E-state index in [0.29, 0.717) is 12.2 Å². The van der Waals surface area contributed by atoms with Gasteiger partial charge in [-0.25, -0.2) is 12.8 Å². The molecule has 2 aromatic rings. The van der Waals surface area contributed by atoms with Gasteiger partial charge in [-0.05, 0) is 41.7 Å². The molecule has 0 radical (unpaired) electrons. The van der Waals surface area contributed by atoms with Crippen LogP contribution in [0.4, 0.5) is 4.39 Å². The zero-order valence-corrected chi connectivity index (χ0v) is 19.5. The molecule has 1 aliphatic heterocycles. The third-order valence-corrected chi connectivity index (χ3v) is 7.55. The summed E-state index contributed by atoms with van der Waals surface area (Å²) >= 11 is 6.14. The van der Waals surface area contributed by atoms with Crippen LogP contribution in [0, 0.1) is 5.82 Å². The second-order valence-electron chi connectivity index (χ2n) is 8.84. The lowest BCUT2D eigenvalue weighted by Gasteiger charge is -2.29. The van der Waals surface area contributed by atoms with Gasteiger partial charge in [-0.2, -0.15) is 0 Å². The lowest BCUT2D eigenvalue weighted by Crippen LogP contribution is -2.43. The van der Waals surface area contributed by atoms with Gasteiger partial charge in [-0.3, -0.25) is 4.79 Å². The zero-order chi connectivity index (χ0) is 22.8. The Labute approximate surface area is 188 Å². The van der Waals surface area contributed by atoms with Gasteiger partial charge < -0.3 is 9.64 Å². The molecule has 0 spiro atoms. The van der Waals surface area contributed by atoms with Gasteiger partial charge in [0.25, 0.3) is 5.91 Å². The lowest BCUT2D eigenvalue weighted by atomic mass is 9.87. The van der Waals surface area contributed by atoms with Crippen molar-refractivity contribution in [1.29, 1.82) is 0 Å². The molecule has 1 heterocycles. The quantitative estimate of drug-likeness (QED) is 0.632. The molecule has 31 heavy (non-hydrogen) atoms. The van der Waals surface area contributed by atoms with E-state index in [1.54, 1.807) is 18.2 Å². The number of rotatable bonds is 6. The monoisotopic (exact) mass is 467 g/mol. The van der Waals surface area contributed by atoms with Crippen molar-refractivity contribution in [2.24, 2.45) is 0 Å². The van der Waals surface area contributed by atoms with Gasteiger partial charge in [0.2, 0.25) is 0 Å². The van der Waals surface area contributed by atoms with Crippen LogP contribution in [0.5, 0.6) is 5.75 Å². The van der Waals surface area contributed by atoms with Crippen molar-refractivity contribution in [2.45, 2.75) is 45.2 Å². The Morgan fingerprint density at radius 2 is 1.87 bits per heavy atom. The second kappa shape index (κ2) is 9.17. The average molecular weight is 468 g/mol. The summed E-state index contributed by atoms with van der Waals surface area (Å²) < 4.78 is 43.9. The molecule has 1 amide bonds. The summed E-state index contributed by atoms with van der Waals surface area (Å²) in [6.45, 7) is 5.92. The normalized spacial score (nSPS) is 18.0. The molecule has 1 atom stereocenters. The van der Waals surface area contributed by atoms with Gasteiger partial charge in [0, 0.05) is 16.6 Å². The van der Waals surface area contributed by atoms with Crippen LogP contribution in [-0.2, 0) is 26.6 Å². The van der Waals surface area contributed by atoms with Crippen LogP contribution >= 0.6 is 11.6 Å². The summed E-state index contributed by atoms with van der Waals surface area (Å²) in [5.41, 5.74) is 1.30. The number of ether oxygens (including phenoxy) is 1. The highest BCUT2D eigenvalue weighted by Crippen LogP contribution is 2.27. The average Bonchev–Trinajstić information content (AvgIpc) is 3.05. The molecule has 1 unspecified atom stereocenters. The Kier molecular flexibility index (Phi) is 6.96. The van der Waals surface area contributed by atoms with E-state index in [0.717, 1.165) is 5.56 Å². The Hall–Kier alpha value is -2.12. The SMILES string of the molecule is CC(C)(C)c1ccc(OCC(=O)N(Cc2c(F)cccc2Cl)C2CCS(=O)(=O)C2)cc1. The predicted molar refractivity (Wildman–Crippen MR) is 120 cm³/mol. The van der Waals surface area contributed by atoms with Gasteiger partial charge in [0.15, 0.2) is 16.4 Å². The molecule has 0 aliphatic carbocycles. The van der Waals surface area contributed by atoms with Gasteiger partial charge in [0.1, 0.15) is 11.6 Å². The molecule has 3 rings (SSSR count). The lowest BCUT2D eigenvalue weighted by molar-refractivity contribution is -0.136. The third kappa shape index (κ3) is 5.98. The highest BCUT2D eigenvalue weighted by atomic mass is 35.5. The van der Waals surface area contributed by atoms with E-state index in [-0.39, 0.29) is 40.7 Å². The van der Waals surface area contributed by atoms with Crippen molar-refractivity contribution in [1.82, 2.24) is 4.90 Å². The van der Waals surface area contributed by atoms with Crippen molar-refractivity contribution < 1.29 is 22.3 Å². The highest BCUT2D eigenvalue weighted by Gasteiger charge is 2.35. The minimum Gasteiger partial charge on any atom is -0.484 e. The van der Waals surface area contributed by atoms with Crippen molar-refractivity contribution in [3.8, 4) is 5.75 Å². The number of hydrogen-bond donors (Lipinski definition) is 0. The van der Waals surface area contributed by atoms with Crippen molar-refractivity contribution in [3.05, 3.63) is 64.4 Å². The first-order chi connectivity index (χ1) is 14.5. The molecule has 1 fully saturated rings. The number of amides is 1. The van der Waals surface area contributed by atoms with E-state index in [9.17, 15) is 17.6 Å². The standard InChI is InChI=1S/C23H27ClFNO4S/c1-23(2,3)16-7-9-18(10-8-16)30-14-22(27)26(17-11-12-31(28,29)15-17)13-19-20(24)5-4-6-21(19)25/h4-10,17H,11-15H2,1-3H3. The van der Waals surface area contributed by atoms with Gasteiger partial charge >= 0.3 is 0 Å². The van der Waals surface area contributed by atoms with Crippen molar-refractivity contribution in [3.63, 3.8) is 0 Å². The Balaban J connectivity index is 1.76. The summed E-state index contributed by atoms with van der Waals surface area (Å²) in [5, 5.41) is 0.192. The maximum absolute atomic E-state index is 14.3. The summed E-state index contributed by atoms with van der Waals surface area (Å²) in [6, 6.07) is 11.2. The van der Waals surface area contributed by atoms with E-state index in [1.165, 1.54) is 17.0 Å². The topological polar surface area (TPSA) is 63.7 Å². The number of benzene rings is 2. The fraction of sp³-hybridized carbons (Fsp3) is 0.435. The van der Waals surface area contributed by atoms with Crippen LogP contribution < -0.4 is 4.74 Å². The number of carbonyl (C=O) groups excluding carboxylic acids is 1. The number of nitrogens with zero attached hydrogens (tertiary/aromatic N) is 1. The largest absolute Gasteiger partial charge is 0.484 e. The Morgan fingerprint density at radius 3 is 2.42 bits per heavy atom. The first-order valence-corrected chi connectivity index (χ1v) is 12.3. The van der Waals surface area contributed by atoms with Crippen LogP contribution in [0.25, 0.3) is 0 Å². The zero-order valence-electron chi connectivity index (χ0n) is 17.9. The van der Waals surface area contributed by atoms with Gasteiger partial charge in [0.05, 0.1) is 18.1 Å². The first-order valence-electron chi connectivity index (χ1n) is 10.1. The van der Waals surface area contributed by atoms with Crippen molar-refractivity contribution in [2.75, 3.05) is 18.1 Å². The molecule has 0 saturated carbocycles. The Morgan fingerprint density at radius 1 is 1.19 bits per heavy atom. The molecule has 0 bridgehead atoms. The molecule has 1 aliphatic rings. The van der Waals surface area contributed by atoms with Crippen LogP contribution in [0.2, 0.25) is 5.02 Å². The van der Waals surface area contributed by atoms with E-state index in [2.05, 4.69) is 20.8 Å². The first kappa shape index (κ1) is 23.5. The van der Waals surface area contributed by atoms with Gasteiger partial charge in [-0.15, -0.1) is 0 Å². The summed E-state index contributed by atoms with van der Waals surface area (Å²) in [7, 11) is -3.23. The molecule has 2 aromatic carbocycles. The van der Waals surface area contributed by atoms with Crippen LogP contribution in [-0.4, -0.2) is 43.4 Å². The van der Waals surface area contributed by atoms with Crippen molar-refractivity contribution >= 4 is 27.3 Å². The van der Waals surface area contributed by atoms with Crippen LogP contribution in [0.15, 0.2) is 42.5 Å².